The smallest absolute Gasteiger partial charge is 0.316 e. The minimum Gasteiger partial charge on any atom is -0.473 e. The summed E-state index contributed by atoms with van der Waals surface area (Å²) in [4.78, 5) is 16.9. The molecule has 0 amide bonds. The zero-order valence-corrected chi connectivity index (χ0v) is 24.9. The molecule has 41 heavy (non-hydrogen) atoms. The average Bonchev–Trinajstić information content (AvgIpc) is 2.91. The van der Waals surface area contributed by atoms with Gasteiger partial charge < -0.3 is 14.6 Å². The summed E-state index contributed by atoms with van der Waals surface area (Å²) in [5.74, 6) is 0.275. The third-order valence-electron chi connectivity index (χ3n) is 6.30. The van der Waals surface area contributed by atoms with Crippen molar-refractivity contribution in [3.8, 4) is 23.0 Å². The predicted molar refractivity (Wildman–Crippen MR) is 156 cm³/mol. The van der Waals surface area contributed by atoms with E-state index in [1.165, 1.54) is 18.7 Å². The van der Waals surface area contributed by atoms with Crippen molar-refractivity contribution in [2.24, 2.45) is 0 Å². The van der Waals surface area contributed by atoms with E-state index in [2.05, 4.69) is 45.4 Å². The monoisotopic (exact) mass is 577 g/mol. The predicted octanol–water partition coefficient (Wildman–Crippen LogP) is 5.03. The molecule has 0 radical (unpaired) electrons. The van der Waals surface area contributed by atoms with Gasteiger partial charge in [-0.05, 0) is 49.4 Å². The fourth-order valence-electron chi connectivity index (χ4n) is 3.83. The van der Waals surface area contributed by atoms with Gasteiger partial charge in [0.25, 0.3) is 10.0 Å². The van der Waals surface area contributed by atoms with Crippen LogP contribution in [0.4, 0.5) is 5.82 Å². The molecular weight excluding hydrogens is 542 g/mol. The van der Waals surface area contributed by atoms with Gasteiger partial charge in [-0.3, -0.25) is 4.72 Å². The maximum atomic E-state index is 13.4. The van der Waals surface area contributed by atoms with Gasteiger partial charge in [-0.1, -0.05) is 62.7 Å². The van der Waals surface area contributed by atoms with Crippen molar-refractivity contribution in [3.05, 3.63) is 83.9 Å². The Morgan fingerprint density at radius 2 is 1.41 bits per heavy atom. The number of aromatic nitrogens is 4. The van der Waals surface area contributed by atoms with Crippen molar-refractivity contribution >= 4 is 15.8 Å². The molecule has 0 saturated carbocycles. The van der Waals surface area contributed by atoms with Gasteiger partial charge in [-0.15, -0.1) is 0 Å². The number of aliphatic hydroxyl groups is 1. The summed E-state index contributed by atoms with van der Waals surface area (Å²) >= 11 is 0. The SMILES string of the molecule is Cc1ccc(-c2c(NS(=O)(=O)c3ccc(C(C)(C)C)cc3)ncnc2OCCOc2ncc(C(C)(C)O)cn2)cc1. The van der Waals surface area contributed by atoms with E-state index in [0.29, 0.717) is 16.7 Å². The fraction of sp³-hybridized carbons (Fsp3) is 0.333. The number of hydrogen-bond donors (Lipinski definition) is 2. The van der Waals surface area contributed by atoms with Gasteiger partial charge in [-0.2, -0.15) is 0 Å². The maximum Gasteiger partial charge on any atom is 0.316 e. The number of hydrogen-bond acceptors (Lipinski definition) is 9. The summed E-state index contributed by atoms with van der Waals surface area (Å²) in [6.07, 6.45) is 4.24. The van der Waals surface area contributed by atoms with Crippen LogP contribution >= 0.6 is 0 Å². The van der Waals surface area contributed by atoms with Crippen LogP contribution in [0.25, 0.3) is 11.1 Å². The second-order valence-electron chi connectivity index (χ2n) is 11.2. The first-order chi connectivity index (χ1) is 19.2. The molecule has 4 aromatic rings. The van der Waals surface area contributed by atoms with Crippen LogP contribution < -0.4 is 14.2 Å². The molecule has 11 heteroatoms. The second kappa shape index (κ2) is 11.8. The minimum absolute atomic E-state index is 0.0763. The van der Waals surface area contributed by atoms with Crippen molar-refractivity contribution < 1.29 is 23.0 Å². The summed E-state index contributed by atoms with van der Waals surface area (Å²) in [7, 11) is -3.96. The molecule has 0 bridgehead atoms. The largest absolute Gasteiger partial charge is 0.473 e. The lowest BCUT2D eigenvalue weighted by Crippen LogP contribution is -2.18. The molecule has 0 aliphatic carbocycles. The van der Waals surface area contributed by atoms with Gasteiger partial charge in [0, 0.05) is 18.0 Å². The van der Waals surface area contributed by atoms with Gasteiger partial charge in [0.15, 0.2) is 5.82 Å². The van der Waals surface area contributed by atoms with E-state index in [1.54, 1.807) is 26.0 Å². The number of ether oxygens (including phenoxy) is 2. The van der Waals surface area contributed by atoms with Gasteiger partial charge in [-0.25, -0.2) is 28.4 Å². The highest BCUT2D eigenvalue weighted by Gasteiger charge is 2.23. The first kappa shape index (κ1) is 29.9. The lowest BCUT2D eigenvalue weighted by Gasteiger charge is -2.19. The summed E-state index contributed by atoms with van der Waals surface area (Å²) in [6, 6.07) is 14.4. The van der Waals surface area contributed by atoms with Crippen LogP contribution in [-0.4, -0.2) is 46.7 Å². The second-order valence-corrected chi connectivity index (χ2v) is 12.8. The van der Waals surface area contributed by atoms with Crippen molar-refractivity contribution in [3.63, 3.8) is 0 Å². The zero-order valence-electron chi connectivity index (χ0n) is 24.0. The molecule has 2 aromatic heterocycles. The molecule has 2 heterocycles. The first-order valence-corrected chi connectivity index (χ1v) is 14.6. The molecule has 0 fully saturated rings. The molecule has 0 aliphatic rings. The Bertz CT molecular complexity index is 1580. The highest BCUT2D eigenvalue weighted by molar-refractivity contribution is 7.92. The van der Waals surface area contributed by atoms with E-state index >= 15 is 0 Å². The normalized spacial score (nSPS) is 12.2. The molecule has 0 atom stereocenters. The molecule has 4 rings (SSSR count). The molecule has 216 valence electrons. The van der Waals surface area contributed by atoms with Crippen molar-refractivity contribution in [2.75, 3.05) is 17.9 Å². The van der Waals surface area contributed by atoms with Crippen LogP contribution in [0.5, 0.6) is 11.9 Å². The lowest BCUT2D eigenvalue weighted by molar-refractivity contribution is 0.0775. The van der Waals surface area contributed by atoms with Crippen LogP contribution in [0.2, 0.25) is 0 Å². The van der Waals surface area contributed by atoms with Crippen LogP contribution in [0.15, 0.2) is 72.1 Å². The van der Waals surface area contributed by atoms with Crippen molar-refractivity contribution in [2.45, 2.75) is 57.5 Å². The van der Waals surface area contributed by atoms with Crippen LogP contribution in [-0.2, 0) is 21.0 Å². The number of rotatable bonds is 10. The van der Waals surface area contributed by atoms with E-state index in [-0.39, 0.29) is 41.2 Å². The molecule has 2 aromatic carbocycles. The molecule has 0 unspecified atom stereocenters. The summed E-state index contributed by atoms with van der Waals surface area (Å²) < 4.78 is 40.8. The summed E-state index contributed by atoms with van der Waals surface area (Å²) in [5, 5.41) is 10.1. The Morgan fingerprint density at radius 3 is 2.00 bits per heavy atom. The van der Waals surface area contributed by atoms with E-state index in [9.17, 15) is 13.5 Å². The number of anilines is 1. The van der Waals surface area contributed by atoms with Crippen LogP contribution in [0.1, 0.15) is 51.3 Å². The lowest BCUT2D eigenvalue weighted by atomic mass is 9.87. The minimum atomic E-state index is -3.96. The third-order valence-corrected chi connectivity index (χ3v) is 7.66. The fourth-order valence-corrected chi connectivity index (χ4v) is 4.86. The third kappa shape index (κ3) is 7.56. The Balaban J connectivity index is 1.55. The molecule has 0 saturated heterocycles. The van der Waals surface area contributed by atoms with Crippen LogP contribution in [0, 0.1) is 6.92 Å². The molecule has 2 N–H and O–H groups in total. The Kier molecular flexibility index (Phi) is 8.60. The van der Waals surface area contributed by atoms with E-state index in [0.717, 1.165) is 11.1 Å². The van der Waals surface area contributed by atoms with Gasteiger partial charge in [0.2, 0.25) is 5.88 Å². The standard InChI is InChI=1S/C30H35N5O5S/c1-20-7-9-21(10-8-20)25-26(35-41(37,38)24-13-11-22(12-14-24)29(2,3)4)33-19-34-27(25)39-15-16-40-28-31-17-23(18-32-28)30(5,6)36/h7-14,17-19,36H,15-16H2,1-6H3,(H,33,34,35). The quantitative estimate of drug-likeness (QED) is 0.249. The van der Waals surface area contributed by atoms with Crippen molar-refractivity contribution in [1.29, 1.82) is 0 Å². The number of sulfonamides is 1. The molecular formula is C30H35N5O5S. The zero-order chi connectivity index (χ0) is 29.8. The Labute approximate surface area is 240 Å². The van der Waals surface area contributed by atoms with E-state index < -0.39 is 15.6 Å². The van der Waals surface area contributed by atoms with Gasteiger partial charge >= 0.3 is 6.01 Å². The van der Waals surface area contributed by atoms with Gasteiger partial charge in [0.05, 0.1) is 16.1 Å². The number of aryl methyl sites for hydroxylation is 1. The summed E-state index contributed by atoms with van der Waals surface area (Å²) in [5.41, 5.74) is 2.53. The van der Waals surface area contributed by atoms with Crippen LogP contribution in [0.3, 0.4) is 0 Å². The maximum absolute atomic E-state index is 13.4. The Morgan fingerprint density at radius 1 is 0.805 bits per heavy atom. The number of nitrogens with zero attached hydrogens (tertiary/aromatic N) is 4. The molecule has 0 aliphatic heterocycles. The Hall–Kier alpha value is -4.09. The highest BCUT2D eigenvalue weighted by Crippen LogP contribution is 2.35. The van der Waals surface area contributed by atoms with Gasteiger partial charge in [0.1, 0.15) is 19.5 Å². The summed E-state index contributed by atoms with van der Waals surface area (Å²) in [6.45, 7) is 11.6. The molecule has 0 spiro atoms. The molecule has 10 nitrogen and oxygen atoms in total. The van der Waals surface area contributed by atoms with Crippen molar-refractivity contribution in [1.82, 2.24) is 19.9 Å². The van der Waals surface area contributed by atoms with E-state index in [1.807, 2.05) is 43.3 Å². The first-order valence-electron chi connectivity index (χ1n) is 13.1. The van der Waals surface area contributed by atoms with E-state index in [4.69, 9.17) is 9.47 Å². The number of benzene rings is 2. The topological polar surface area (TPSA) is 136 Å². The number of nitrogens with one attached hydrogen (secondary N) is 1. The average molecular weight is 578 g/mol. The highest BCUT2D eigenvalue weighted by atomic mass is 32.2.